The van der Waals surface area contributed by atoms with Crippen LogP contribution in [0.15, 0.2) is 0 Å². The molecule has 0 fully saturated rings. The molecule has 28 valence electrons. The summed E-state index contributed by atoms with van der Waals surface area (Å²) >= 11 is 0. The summed E-state index contributed by atoms with van der Waals surface area (Å²) in [5.74, 6) is 0. The van der Waals surface area contributed by atoms with Gasteiger partial charge in [-0.3, -0.25) is 0 Å². The molecule has 0 amide bonds. The quantitative estimate of drug-likeness (QED) is 0.485. The molecule has 0 aliphatic carbocycles. The third-order valence-electron chi connectivity index (χ3n) is 0.0500. The van der Waals surface area contributed by atoms with Gasteiger partial charge >= 0.3 is 0 Å². The molecule has 0 atom stereocenters. The second-order valence-corrected chi connectivity index (χ2v) is 0.224. The maximum atomic E-state index is 7.26. The Hall–Kier alpha value is 0.123. The fourth-order valence-electron chi connectivity index (χ4n) is 0. The van der Waals surface area contributed by atoms with E-state index in [-0.39, 0.29) is 36.5 Å². The van der Waals surface area contributed by atoms with E-state index in [1.807, 2.05) is 0 Å². The first-order valence-electron chi connectivity index (χ1n) is 0.697. The van der Waals surface area contributed by atoms with Crippen LogP contribution < -0.4 is 0 Å². The van der Waals surface area contributed by atoms with Crippen LogP contribution in [0.4, 0.5) is 0 Å². The molecule has 0 N–H and O–H groups in total. The van der Waals surface area contributed by atoms with Gasteiger partial charge in [0.25, 0.3) is 0 Å². The predicted molar refractivity (Wildman–Crippen MR) is 11.2 cm³/mol. The molecule has 0 radical (unpaired) electrons. The molecule has 0 aliphatic rings. The predicted octanol–water partition coefficient (Wildman–Crippen LogP) is 0.0286. The Morgan fingerprint density at radius 2 is 1.17 bits per heavy atom. The molecule has 0 rings (SSSR count). The van der Waals surface area contributed by atoms with Gasteiger partial charge in [-0.25, -0.2) is 0 Å². The number of nitriles is 2. The average Bonchev–Trinajstić information content (AvgIpc) is 1.37. The number of hydrogen-bond donors (Lipinski definition) is 0. The Morgan fingerprint density at radius 3 is 1.17 bits per heavy atom. The molecule has 0 aromatic rings. The Labute approximate surface area is 59.4 Å². The van der Waals surface area contributed by atoms with Crippen molar-refractivity contribution in [2.24, 2.45) is 0 Å². The fraction of sp³-hybridized carbons (Fsp3) is 0. The Kier molecular flexibility index (Phi) is 53.1. The Bertz CT molecular complexity index is 66.5. The van der Waals surface area contributed by atoms with E-state index >= 15 is 0 Å². The van der Waals surface area contributed by atoms with Crippen molar-refractivity contribution in [3.05, 3.63) is 0 Å². The first kappa shape index (κ1) is 16.5. The van der Waals surface area contributed by atoms with E-state index < -0.39 is 0 Å². The monoisotopic (exact) mass is 172 g/mol. The molecule has 0 spiro atoms. The van der Waals surface area contributed by atoms with E-state index in [2.05, 4.69) is 0 Å². The SMILES string of the molecule is N#CC#N.[Fe].[Zn]. The molecule has 2 nitrogen and oxygen atoms in total. The molecule has 0 aromatic carbocycles. The number of rotatable bonds is 0. The van der Waals surface area contributed by atoms with Crippen LogP contribution >= 0.6 is 0 Å². The van der Waals surface area contributed by atoms with Gasteiger partial charge in [-0.1, -0.05) is 0 Å². The molecule has 0 bridgehead atoms. The third kappa shape index (κ3) is 31.9. The summed E-state index contributed by atoms with van der Waals surface area (Å²) in [5.41, 5.74) is 0. The van der Waals surface area contributed by atoms with Crippen LogP contribution in [0.3, 0.4) is 0 Å². The van der Waals surface area contributed by atoms with E-state index in [1.54, 1.807) is 0 Å². The number of nitrogens with zero attached hydrogens (tertiary/aromatic N) is 2. The zero-order valence-corrected chi connectivity index (χ0v) is 7.03. The van der Waals surface area contributed by atoms with Gasteiger partial charge in [-0.05, 0) is 0 Å². The summed E-state index contributed by atoms with van der Waals surface area (Å²) in [7, 11) is 0. The van der Waals surface area contributed by atoms with Crippen LogP contribution in [-0.4, -0.2) is 0 Å². The van der Waals surface area contributed by atoms with Gasteiger partial charge in [0.1, 0.15) is 0 Å². The van der Waals surface area contributed by atoms with Gasteiger partial charge in [-0.2, -0.15) is 10.5 Å². The van der Waals surface area contributed by atoms with E-state index in [4.69, 9.17) is 10.5 Å². The first-order chi connectivity index (χ1) is 1.91. The van der Waals surface area contributed by atoms with Crippen molar-refractivity contribution >= 4 is 0 Å². The largest absolute Gasteiger partial charge is 0.181 e. The molecule has 0 aromatic heterocycles. The van der Waals surface area contributed by atoms with Crippen LogP contribution in [0.1, 0.15) is 0 Å². The molecule has 4 heteroatoms. The topological polar surface area (TPSA) is 47.6 Å². The van der Waals surface area contributed by atoms with Crippen LogP contribution in [0.2, 0.25) is 0 Å². The van der Waals surface area contributed by atoms with Crippen molar-refractivity contribution in [1.82, 2.24) is 0 Å². The smallest absolute Gasteiger partial charge is 0.181 e. The maximum absolute atomic E-state index is 7.26. The molecule has 6 heavy (non-hydrogen) atoms. The van der Waals surface area contributed by atoms with Crippen LogP contribution in [0.25, 0.3) is 0 Å². The van der Waals surface area contributed by atoms with E-state index in [0.29, 0.717) is 0 Å². The summed E-state index contributed by atoms with van der Waals surface area (Å²) in [6.07, 6.45) is 0. The normalized spacial score (nSPS) is 1.67. The average molecular weight is 173 g/mol. The Balaban J connectivity index is -0.0000000450. The second-order valence-electron chi connectivity index (χ2n) is 0.224. The zero-order chi connectivity index (χ0) is 3.41. The summed E-state index contributed by atoms with van der Waals surface area (Å²) in [5, 5.41) is 14.5. The maximum Gasteiger partial charge on any atom is 0.181 e. The van der Waals surface area contributed by atoms with Crippen molar-refractivity contribution in [2.75, 3.05) is 0 Å². The fourth-order valence-corrected chi connectivity index (χ4v) is 0. The summed E-state index contributed by atoms with van der Waals surface area (Å²) in [6, 6.07) is 2.47. The first-order valence-corrected chi connectivity index (χ1v) is 0.697. The zero-order valence-electron chi connectivity index (χ0n) is 2.96. The minimum absolute atomic E-state index is 0. The van der Waals surface area contributed by atoms with Gasteiger partial charge in [-0.15, -0.1) is 0 Å². The van der Waals surface area contributed by atoms with Gasteiger partial charge in [0, 0.05) is 36.5 Å². The molecule has 0 saturated carbocycles. The summed E-state index contributed by atoms with van der Waals surface area (Å²) < 4.78 is 0. The van der Waals surface area contributed by atoms with Crippen molar-refractivity contribution < 1.29 is 36.5 Å². The van der Waals surface area contributed by atoms with Crippen molar-refractivity contribution in [3.8, 4) is 12.1 Å². The van der Waals surface area contributed by atoms with Crippen molar-refractivity contribution in [2.45, 2.75) is 0 Å². The Morgan fingerprint density at radius 1 is 1.00 bits per heavy atom. The minimum Gasteiger partial charge on any atom is -0.181 e. The van der Waals surface area contributed by atoms with Crippen LogP contribution in [0.5, 0.6) is 0 Å². The van der Waals surface area contributed by atoms with E-state index in [9.17, 15) is 0 Å². The molecule has 0 heterocycles. The molecular weight excluding hydrogens is 173 g/mol. The van der Waals surface area contributed by atoms with Gasteiger partial charge in [0.15, 0.2) is 12.1 Å². The van der Waals surface area contributed by atoms with Crippen molar-refractivity contribution in [3.63, 3.8) is 0 Å². The van der Waals surface area contributed by atoms with E-state index in [0.717, 1.165) is 0 Å². The van der Waals surface area contributed by atoms with Gasteiger partial charge < -0.3 is 0 Å². The standard InChI is InChI=1S/C2N2.Fe.Zn/c3-1-2-4;;. The molecular formula is C2FeN2Zn. The number of hydrogen-bond acceptors (Lipinski definition) is 2. The molecule has 0 unspecified atom stereocenters. The van der Waals surface area contributed by atoms with Crippen LogP contribution in [0, 0.1) is 22.7 Å². The molecule has 0 saturated heterocycles. The summed E-state index contributed by atoms with van der Waals surface area (Å²) in [4.78, 5) is 0. The minimum atomic E-state index is 0. The van der Waals surface area contributed by atoms with E-state index in [1.165, 1.54) is 12.1 Å². The molecule has 0 aliphatic heterocycles. The third-order valence-corrected chi connectivity index (χ3v) is 0.0500. The van der Waals surface area contributed by atoms with Crippen LogP contribution in [-0.2, 0) is 36.5 Å². The second kappa shape index (κ2) is 19.3. The summed E-state index contributed by atoms with van der Waals surface area (Å²) in [6.45, 7) is 0. The van der Waals surface area contributed by atoms with Crippen molar-refractivity contribution in [1.29, 1.82) is 10.5 Å². The van der Waals surface area contributed by atoms with Gasteiger partial charge in [0.2, 0.25) is 0 Å². The van der Waals surface area contributed by atoms with Gasteiger partial charge in [0.05, 0.1) is 0 Å².